The number of nitrogens with one attached hydrogen (secondary N) is 1. The molecule has 0 aromatic heterocycles. The molecule has 0 spiro atoms. The van der Waals surface area contributed by atoms with Gasteiger partial charge in [-0.15, -0.1) is 0 Å². The number of anilines is 1. The first-order chi connectivity index (χ1) is 8.96. The molecule has 0 atom stereocenters. The molecule has 0 bridgehead atoms. The maximum absolute atomic E-state index is 12.5. The van der Waals surface area contributed by atoms with E-state index in [2.05, 4.69) is 5.32 Å². The Morgan fingerprint density at radius 1 is 1.26 bits per heavy atom. The van der Waals surface area contributed by atoms with Crippen LogP contribution in [0.4, 0.5) is 14.5 Å². The van der Waals surface area contributed by atoms with Crippen molar-refractivity contribution < 1.29 is 18.3 Å². The number of benzene rings is 1. The number of ether oxygens (including phenoxy) is 2. The molecule has 0 saturated carbocycles. The minimum atomic E-state index is -2.43. The van der Waals surface area contributed by atoms with Gasteiger partial charge in [-0.25, -0.2) is 0 Å². The molecule has 1 heterocycles. The van der Waals surface area contributed by atoms with Gasteiger partial charge in [-0.2, -0.15) is 8.78 Å². The topological polar surface area (TPSA) is 30.5 Å². The first-order valence-electron chi connectivity index (χ1n) is 6.04. The highest BCUT2D eigenvalue weighted by Crippen LogP contribution is 2.32. The lowest BCUT2D eigenvalue weighted by Gasteiger charge is -2.35. The normalized spacial score (nSPS) is 19.6. The van der Waals surface area contributed by atoms with Gasteiger partial charge in [-0.3, -0.25) is 0 Å². The van der Waals surface area contributed by atoms with E-state index in [-0.39, 0.29) is 6.04 Å². The maximum Gasteiger partial charge on any atom is 0.288 e. The van der Waals surface area contributed by atoms with Gasteiger partial charge < -0.3 is 14.8 Å². The molecule has 0 aliphatic carbocycles. The molecule has 1 saturated heterocycles. The quantitative estimate of drug-likeness (QED) is 0.859. The van der Waals surface area contributed by atoms with Crippen molar-refractivity contribution in [3.8, 4) is 0 Å². The summed E-state index contributed by atoms with van der Waals surface area (Å²) in [6.45, 7) is 4.68. The highest BCUT2D eigenvalue weighted by molar-refractivity contribution is 7.99. The fraction of sp³-hybridized carbons (Fsp3) is 0.538. The van der Waals surface area contributed by atoms with Crippen molar-refractivity contribution in [1.29, 1.82) is 0 Å². The van der Waals surface area contributed by atoms with Gasteiger partial charge in [-0.05, 0) is 26.0 Å². The molecule has 1 aromatic rings. The molecule has 3 nitrogen and oxygen atoms in total. The predicted octanol–water partition coefficient (Wildman–Crippen LogP) is 3.56. The van der Waals surface area contributed by atoms with Crippen LogP contribution in [0.1, 0.15) is 13.8 Å². The molecule has 1 aliphatic heterocycles. The Labute approximate surface area is 115 Å². The van der Waals surface area contributed by atoms with Gasteiger partial charge in [-0.1, -0.05) is 23.9 Å². The van der Waals surface area contributed by atoms with Gasteiger partial charge in [0.15, 0.2) is 5.79 Å². The van der Waals surface area contributed by atoms with Crippen molar-refractivity contribution >= 4 is 17.4 Å². The Balaban J connectivity index is 1.99. The molecule has 1 fully saturated rings. The van der Waals surface area contributed by atoms with E-state index < -0.39 is 11.5 Å². The Bertz CT molecular complexity index is 419. The summed E-state index contributed by atoms with van der Waals surface area (Å²) in [7, 11) is 0. The number of rotatable bonds is 4. The van der Waals surface area contributed by atoms with Crippen molar-refractivity contribution in [3.05, 3.63) is 24.3 Å². The summed E-state index contributed by atoms with van der Waals surface area (Å²) < 4.78 is 36.0. The molecule has 106 valence electrons. The van der Waals surface area contributed by atoms with Crippen LogP contribution in [0, 0.1) is 0 Å². The van der Waals surface area contributed by atoms with Gasteiger partial charge in [0.25, 0.3) is 5.76 Å². The molecule has 2 rings (SSSR count). The molecule has 6 heteroatoms. The van der Waals surface area contributed by atoms with Crippen LogP contribution in [-0.2, 0) is 9.47 Å². The Hall–Kier alpha value is -0.850. The van der Waals surface area contributed by atoms with Crippen molar-refractivity contribution in [1.82, 2.24) is 0 Å². The summed E-state index contributed by atoms with van der Waals surface area (Å²) in [6, 6.07) is 6.98. The molecular weight excluding hydrogens is 272 g/mol. The van der Waals surface area contributed by atoms with Crippen LogP contribution in [0.3, 0.4) is 0 Å². The zero-order valence-electron chi connectivity index (χ0n) is 10.9. The summed E-state index contributed by atoms with van der Waals surface area (Å²) >= 11 is 0.536. The van der Waals surface area contributed by atoms with Crippen LogP contribution in [-0.4, -0.2) is 30.8 Å². The molecule has 1 aromatic carbocycles. The van der Waals surface area contributed by atoms with Gasteiger partial charge in [0, 0.05) is 10.6 Å². The fourth-order valence-corrected chi connectivity index (χ4v) is 2.38. The molecule has 0 unspecified atom stereocenters. The van der Waals surface area contributed by atoms with Crippen LogP contribution in [0.2, 0.25) is 0 Å². The van der Waals surface area contributed by atoms with Crippen molar-refractivity contribution in [2.24, 2.45) is 0 Å². The van der Waals surface area contributed by atoms with Crippen molar-refractivity contribution in [2.75, 3.05) is 18.5 Å². The van der Waals surface area contributed by atoms with Crippen molar-refractivity contribution in [3.63, 3.8) is 0 Å². The second-order valence-electron chi connectivity index (χ2n) is 4.74. The van der Waals surface area contributed by atoms with E-state index in [0.717, 1.165) is 0 Å². The summed E-state index contributed by atoms with van der Waals surface area (Å²) in [4.78, 5) is 0.530. The number of hydrogen-bond acceptors (Lipinski definition) is 4. The number of hydrogen-bond donors (Lipinski definition) is 1. The summed E-state index contributed by atoms with van der Waals surface area (Å²) in [5.74, 6) is -3.00. The van der Waals surface area contributed by atoms with Gasteiger partial charge >= 0.3 is 0 Å². The van der Waals surface area contributed by atoms with E-state index in [4.69, 9.17) is 9.47 Å². The first-order valence-corrected chi connectivity index (χ1v) is 6.92. The molecule has 0 amide bonds. The second-order valence-corrected chi connectivity index (χ2v) is 5.77. The van der Waals surface area contributed by atoms with E-state index in [1.54, 1.807) is 18.2 Å². The smallest absolute Gasteiger partial charge is 0.288 e. The van der Waals surface area contributed by atoms with Gasteiger partial charge in [0.05, 0.1) is 19.3 Å². The highest BCUT2D eigenvalue weighted by Gasteiger charge is 2.28. The molecular formula is C13H17F2NO2S. The zero-order valence-corrected chi connectivity index (χ0v) is 11.7. The summed E-state index contributed by atoms with van der Waals surface area (Å²) in [5.41, 5.74) is 0.685. The van der Waals surface area contributed by atoms with E-state index in [1.807, 2.05) is 19.9 Å². The van der Waals surface area contributed by atoms with Crippen LogP contribution in [0.25, 0.3) is 0 Å². The minimum absolute atomic E-state index is 0.0348. The van der Waals surface area contributed by atoms with E-state index >= 15 is 0 Å². The lowest BCUT2D eigenvalue weighted by Crippen LogP contribution is -2.45. The van der Waals surface area contributed by atoms with Crippen LogP contribution in [0.15, 0.2) is 29.2 Å². The van der Waals surface area contributed by atoms with Crippen LogP contribution < -0.4 is 5.32 Å². The Kier molecular flexibility index (Phi) is 4.65. The molecule has 19 heavy (non-hydrogen) atoms. The Morgan fingerprint density at radius 3 is 2.53 bits per heavy atom. The zero-order chi connectivity index (χ0) is 13.9. The summed E-state index contributed by atoms with van der Waals surface area (Å²) in [5, 5.41) is 3.19. The van der Waals surface area contributed by atoms with Gasteiger partial charge in [0.2, 0.25) is 0 Å². The van der Waals surface area contributed by atoms with E-state index in [0.29, 0.717) is 35.6 Å². The lowest BCUT2D eigenvalue weighted by molar-refractivity contribution is -0.247. The number of para-hydroxylation sites is 1. The van der Waals surface area contributed by atoms with Crippen LogP contribution in [0.5, 0.6) is 0 Å². The first kappa shape index (κ1) is 14.6. The Morgan fingerprint density at radius 2 is 1.89 bits per heavy atom. The SMILES string of the molecule is CC1(C)OCC(Nc2ccccc2SC(F)F)CO1. The maximum atomic E-state index is 12.5. The minimum Gasteiger partial charge on any atom is -0.377 e. The third-order valence-corrected chi connectivity index (χ3v) is 3.52. The monoisotopic (exact) mass is 289 g/mol. The molecule has 1 N–H and O–H groups in total. The second kappa shape index (κ2) is 6.07. The average Bonchev–Trinajstić information content (AvgIpc) is 2.33. The number of halogens is 2. The van der Waals surface area contributed by atoms with Gasteiger partial charge in [0.1, 0.15) is 0 Å². The molecule has 1 aliphatic rings. The van der Waals surface area contributed by atoms with E-state index in [1.165, 1.54) is 0 Å². The number of thioether (sulfide) groups is 1. The fourth-order valence-electron chi connectivity index (χ4n) is 1.78. The number of alkyl halides is 2. The predicted molar refractivity (Wildman–Crippen MR) is 71.7 cm³/mol. The lowest BCUT2D eigenvalue weighted by atomic mass is 10.2. The third-order valence-electron chi connectivity index (χ3n) is 2.73. The average molecular weight is 289 g/mol. The largest absolute Gasteiger partial charge is 0.377 e. The standard InChI is InChI=1S/C13H17F2NO2S/c1-13(2)17-7-9(8-18-13)16-10-5-3-4-6-11(10)19-12(14)15/h3-6,9,12,16H,7-8H2,1-2H3. The molecule has 0 radical (unpaired) electrons. The van der Waals surface area contributed by atoms with Crippen molar-refractivity contribution in [2.45, 2.75) is 36.3 Å². The van der Waals surface area contributed by atoms with E-state index in [9.17, 15) is 8.78 Å². The van der Waals surface area contributed by atoms with Crippen LogP contribution >= 0.6 is 11.8 Å². The third kappa shape index (κ3) is 4.33. The highest BCUT2D eigenvalue weighted by atomic mass is 32.2. The summed E-state index contributed by atoms with van der Waals surface area (Å²) in [6.07, 6.45) is 0.